The maximum Gasteiger partial charge on any atom is 0.0732 e. The average Bonchev–Trinajstić information content (AvgIpc) is 2.36. The Bertz CT molecular complexity index is 85.0. The molecule has 4 heteroatoms. The van der Waals surface area contributed by atoms with Crippen LogP contribution < -0.4 is 0 Å². The van der Waals surface area contributed by atoms with Gasteiger partial charge in [-0.1, -0.05) is 21.6 Å². The van der Waals surface area contributed by atoms with Crippen LogP contribution in [-0.4, -0.2) is 33.9 Å². The second-order valence-corrected chi connectivity index (χ2v) is 5.04. The third-order valence-electron chi connectivity index (χ3n) is 1.45. The van der Waals surface area contributed by atoms with Crippen LogP contribution in [0.5, 0.6) is 0 Å². The molecule has 0 saturated carbocycles. The van der Waals surface area contributed by atoms with Crippen LogP contribution >= 0.6 is 21.6 Å². The lowest BCUT2D eigenvalue weighted by Crippen LogP contribution is -2.30. The molecule has 1 saturated heterocycles. The zero-order chi connectivity index (χ0) is 6.74. The molecule has 0 unspecified atom stereocenters. The van der Waals surface area contributed by atoms with Crippen LogP contribution in [0.3, 0.4) is 0 Å². The third kappa shape index (κ3) is 1.55. The minimum Gasteiger partial charge on any atom is -0.395 e. The third-order valence-corrected chi connectivity index (χ3v) is 4.67. The highest BCUT2D eigenvalue weighted by atomic mass is 33.1. The smallest absolute Gasteiger partial charge is 0.0732 e. The van der Waals surface area contributed by atoms with Crippen LogP contribution in [0, 0.1) is 0 Å². The molecule has 0 aliphatic carbocycles. The summed E-state index contributed by atoms with van der Waals surface area (Å²) in [6, 6.07) is 0. The van der Waals surface area contributed by atoms with E-state index in [1.165, 1.54) is 0 Å². The standard InChI is InChI=1S/C5H10O2S2/c6-3-5(4-7)1-2-8-9-5/h6-7H,1-4H2. The lowest BCUT2D eigenvalue weighted by atomic mass is 10.1. The molecule has 0 radical (unpaired) electrons. The van der Waals surface area contributed by atoms with Gasteiger partial charge in [0.15, 0.2) is 0 Å². The quantitative estimate of drug-likeness (QED) is 0.586. The molecule has 0 bridgehead atoms. The second kappa shape index (κ2) is 3.14. The summed E-state index contributed by atoms with van der Waals surface area (Å²) >= 11 is 0. The first kappa shape index (κ1) is 7.72. The van der Waals surface area contributed by atoms with Crippen molar-refractivity contribution >= 4 is 21.6 Å². The Hall–Kier alpha value is 0.620. The van der Waals surface area contributed by atoms with E-state index in [0.29, 0.717) is 0 Å². The van der Waals surface area contributed by atoms with Crippen molar-refractivity contribution in [2.75, 3.05) is 19.0 Å². The van der Waals surface area contributed by atoms with Crippen molar-refractivity contribution in [1.29, 1.82) is 0 Å². The Morgan fingerprint density at radius 2 is 2.00 bits per heavy atom. The van der Waals surface area contributed by atoms with Gasteiger partial charge in [0.1, 0.15) is 0 Å². The topological polar surface area (TPSA) is 40.5 Å². The summed E-state index contributed by atoms with van der Waals surface area (Å²) in [5.41, 5.74) is 0. The molecular formula is C5H10O2S2. The molecule has 54 valence electrons. The van der Waals surface area contributed by atoms with Gasteiger partial charge in [-0.15, -0.1) is 0 Å². The Morgan fingerprint density at radius 3 is 2.22 bits per heavy atom. The molecule has 1 aliphatic rings. The summed E-state index contributed by atoms with van der Waals surface area (Å²) in [5.74, 6) is 1.05. The normalized spacial score (nSPS) is 24.7. The van der Waals surface area contributed by atoms with Crippen LogP contribution in [-0.2, 0) is 0 Å². The van der Waals surface area contributed by atoms with Gasteiger partial charge in [-0.05, 0) is 6.42 Å². The van der Waals surface area contributed by atoms with E-state index in [0.717, 1.165) is 12.2 Å². The highest BCUT2D eigenvalue weighted by Crippen LogP contribution is 2.45. The molecule has 0 atom stereocenters. The van der Waals surface area contributed by atoms with E-state index in [2.05, 4.69) is 0 Å². The summed E-state index contributed by atoms with van der Waals surface area (Å²) in [5, 5.41) is 17.6. The summed E-state index contributed by atoms with van der Waals surface area (Å²) in [6.07, 6.45) is 0.926. The Labute approximate surface area is 62.4 Å². The predicted octanol–water partition coefficient (Wildman–Crippen LogP) is 0.495. The van der Waals surface area contributed by atoms with E-state index in [-0.39, 0.29) is 18.0 Å². The fraction of sp³-hybridized carbons (Fsp3) is 1.00. The SMILES string of the molecule is OCC1(CO)CCSS1. The highest BCUT2D eigenvalue weighted by molar-refractivity contribution is 8.77. The van der Waals surface area contributed by atoms with Crippen LogP contribution in [0.1, 0.15) is 6.42 Å². The van der Waals surface area contributed by atoms with Crippen molar-refractivity contribution < 1.29 is 10.2 Å². The van der Waals surface area contributed by atoms with Crippen LogP contribution in [0.4, 0.5) is 0 Å². The Morgan fingerprint density at radius 1 is 1.33 bits per heavy atom. The maximum absolute atomic E-state index is 8.82. The van der Waals surface area contributed by atoms with Gasteiger partial charge >= 0.3 is 0 Å². The van der Waals surface area contributed by atoms with E-state index >= 15 is 0 Å². The Kier molecular flexibility index (Phi) is 2.70. The van der Waals surface area contributed by atoms with Gasteiger partial charge in [0.25, 0.3) is 0 Å². The highest BCUT2D eigenvalue weighted by Gasteiger charge is 2.34. The molecule has 0 aromatic heterocycles. The fourth-order valence-electron chi connectivity index (χ4n) is 0.697. The molecule has 0 aromatic rings. The molecule has 0 aromatic carbocycles. The van der Waals surface area contributed by atoms with Crippen molar-refractivity contribution in [3.8, 4) is 0 Å². The summed E-state index contributed by atoms with van der Waals surface area (Å²) in [4.78, 5) is 0. The second-order valence-electron chi connectivity index (χ2n) is 2.15. The van der Waals surface area contributed by atoms with Gasteiger partial charge in [0, 0.05) is 5.75 Å². The number of hydrogen-bond acceptors (Lipinski definition) is 4. The van der Waals surface area contributed by atoms with Crippen molar-refractivity contribution in [2.24, 2.45) is 0 Å². The van der Waals surface area contributed by atoms with E-state index < -0.39 is 0 Å². The number of rotatable bonds is 2. The molecule has 1 aliphatic heterocycles. The first-order chi connectivity index (χ1) is 4.33. The summed E-state index contributed by atoms with van der Waals surface area (Å²) in [7, 11) is 3.33. The first-order valence-electron chi connectivity index (χ1n) is 2.85. The molecule has 2 N–H and O–H groups in total. The van der Waals surface area contributed by atoms with Crippen molar-refractivity contribution in [2.45, 2.75) is 11.2 Å². The van der Waals surface area contributed by atoms with E-state index in [1.54, 1.807) is 21.6 Å². The zero-order valence-corrected chi connectivity index (χ0v) is 6.67. The van der Waals surface area contributed by atoms with E-state index in [4.69, 9.17) is 10.2 Å². The van der Waals surface area contributed by atoms with Crippen LogP contribution in [0.15, 0.2) is 0 Å². The van der Waals surface area contributed by atoms with Gasteiger partial charge in [0.2, 0.25) is 0 Å². The van der Waals surface area contributed by atoms with Gasteiger partial charge < -0.3 is 10.2 Å². The van der Waals surface area contributed by atoms with Crippen LogP contribution in [0.25, 0.3) is 0 Å². The molecule has 9 heavy (non-hydrogen) atoms. The molecule has 0 spiro atoms. The number of hydrogen-bond donors (Lipinski definition) is 2. The fourth-order valence-corrected chi connectivity index (χ4v) is 3.74. The van der Waals surface area contributed by atoms with Gasteiger partial charge in [-0.2, -0.15) is 0 Å². The lowest BCUT2D eigenvalue weighted by Gasteiger charge is -2.20. The minimum atomic E-state index is -0.231. The maximum atomic E-state index is 8.82. The monoisotopic (exact) mass is 166 g/mol. The number of aliphatic hydroxyl groups is 2. The van der Waals surface area contributed by atoms with Crippen LogP contribution in [0.2, 0.25) is 0 Å². The summed E-state index contributed by atoms with van der Waals surface area (Å²) in [6.45, 7) is 0.197. The van der Waals surface area contributed by atoms with Gasteiger partial charge in [-0.25, -0.2) is 0 Å². The molecule has 2 nitrogen and oxygen atoms in total. The zero-order valence-electron chi connectivity index (χ0n) is 5.04. The van der Waals surface area contributed by atoms with Gasteiger partial charge in [0.05, 0.1) is 18.0 Å². The average molecular weight is 166 g/mol. The number of aliphatic hydroxyl groups excluding tert-OH is 2. The molecule has 0 amide bonds. The molecule has 1 heterocycles. The minimum absolute atomic E-state index is 0.0984. The Balaban J connectivity index is 2.45. The molecule has 1 fully saturated rings. The summed E-state index contributed by atoms with van der Waals surface area (Å²) < 4.78 is -0.231. The lowest BCUT2D eigenvalue weighted by molar-refractivity contribution is 0.173. The van der Waals surface area contributed by atoms with Crippen molar-refractivity contribution in [1.82, 2.24) is 0 Å². The van der Waals surface area contributed by atoms with Crippen molar-refractivity contribution in [3.05, 3.63) is 0 Å². The van der Waals surface area contributed by atoms with E-state index in [1.807, 2.05) is 0 Å². The first-order valence-corrected chi connectivity index (χ1v) is 5.17. The molecule has 1 rings (SSSR count). The largest absolute Gasteiger partial charge is 0.395 e. The van der Waals surface area contributed by atoms with Crippen molar-refractivity contribution in [3.63, 3.8) is 0 Å². The predicted molar refractivity (Wildman–Crippen MR) is 41.6 cm³/mol. The van der Waals surface area contributed by atoms with Gasteiger partial charge in [-0.3, -0.25) is 0 Å². The molecular weight excluding hydrogens is 156 g/mol. The van der Waals surface area contributed by atoms with E-state index in [9.17, 15) is 0 Å².